The molecule has 5 nitrogen and oxygen atoms in total. The molecule has 5 heteroatoms. The maximum Gasteiger partial charge on any atom is 0.416 e. The van der Waals surface area contributed by atoms with Crippen LogP contribution in [0.5, 0.6) is 0 Å². The number of Topliss-reactive ketones (excluding diaryl/α,β-unsaturated/α-hetero) is 1. The molecule has 1 heterocycles. The quantitative estimate of drug-likeness (QED) is 0.725. The van der Waals surface area contributed by atoms with E-state index >= 15 is 0 Å². The molecule has 2 aromatic rings. The van der Waals surface area contributed by atoms with Crippen molar-refractivity contribution < 1.29 is 19.1 Å². The molecule has 1 fully saturated rings. The van der Waals surface area contributed by atoms with Crippen LogP contribution in [-0.4, -0.2) is 35.3 Å². The Morgan fingerprint density at radius 2 is 1.63 bits per heavy atom. The molecular weight excluding hydrogens is 342 g/mol. The summed E-state index contributed by atoms with van der Waals surface area (Å²) in [5, 5.41) is 0. The van der Waals surface area contributed by atoms with Crippen molar-refractivity contribution in [3.63, 3.8) is 0 Å². The lowest BCUT2D eigenvalue weighted by Crippen LogP contribution is -2.42. The van der Waals surface area contributed by atoms with Crippen molar-refractivity contribution in [3.8, 4) is 0 Å². The number of cyclic esters (lactones) is 1. The fourth-order valence-corrected chi connectivity index (χ4v) is 3.34. The van der Waals surface area contributed by atoms with Crippen LogP contribution < -0.4 is 0 Å². The van der Waals surface area contributed by atoms with E-state index in [-0.39, 0.29) is 36.7 Å². The number of nitrogens with zero attached hydrogens (tertiary/aromatic N) is 1. The average molecular weight is 365 g/mol. The summed E-state index contributed by atoms with van der Waals surface area (Å²) in [7, 11) is 0. The van der Waals surface area contributed by atoms with Crippen LogP contribution in [0.15, 0.2) is 60.7 Å². The zero-order valence-electron chi connectivity index (χ0n) is 15.5. The Balaban J connectivity index is 1.89. The number of hydrogen-bond acceptors (Lipinski definition) is 4. The van der Waals surface area contributed by atoms with Crippen molar-refractivity contribution in [2.24, 2.45) is 5.92 Å². The molecule has 2 amide bonds. The first kappa shape index (κ1) is 18.8. The maximum atomic E-state index is 13.1. The highest BCUT2D eigenvalue weighted by Gasteiger charge is 2.40. The van der Waals surface area contributed by atoms with Crippen molar-refractivity contribution in [1.29, 1.82) is 0 Å². The van der Waals surface area contributed by atoms with Gasteiger partial charge in [-0.1, -0.05) is 74.5 Å². The summed E-state index contributed by atoms with van der Waals surface area (Å²) in [5.41, 5.74) is 1.30. The van der Waals surface area contributed by atoms with Gasteiger partial charge in [-0.05, 0) is 11.5 Å². The van der Waals surface area contributed by atoms with Crippen LogP contribution in [0.4, 0.5) is 4.79 Å². The molecule has 3 rings (SSSR count). The summed E-state index contributed by atoms with van der Waals surface area (Å²) in [6.07, 6.45) is -0.701. The van der Waals surface area contributed by atoms with Gasteiger partial charge < -0.3 is 4.74 Å². The van der Waals surface area contributed by atoms with Gasteiger partial charge in [-0.3, -0.25) is 9.59 Å². The predicted octanol–water partition coefficient (Wildman–Crippen LogP) is 4.05. The van der Waals surface area contributed by atoms with Gasteiger partial charge in [-0.15, -0.1) is 0 Å². The van der Waals surface area contributed by atoms with E-state index in [4.69, 9.17) is 4.74 Å². The average Bonchev–Trinajstić information content (AvgIpc) is 3.08. The van der Waals surface area contributed by atoms with Crippen molar-refractivity contribution in [1.82, 2.24) is 4.90 Å². The number of ketones is 1. The monoisotopic (exact) mass is 365 g/mol. The third-order valence-electron chi connectivity index (χ3n) is 4.90. The smallest absolute Gasteiger partial charge is 0.416 e. The Kier molecular flexibility index (Phi) is 5.69. The van der Waals surface area contributed by atoms with E-state index in [1.165, 1.54) is 4.90 Å². The molecule has 0 aliphatic carbocycles. The molecule has 0 radical (unpaired) electrons. The number of benzene rings is 2. The van der Waals surface area contributed by atoms with E-state index in [2.05, 4.69) is 0 Å². The Morgan fingerprint density at radius 3 is 2.22 bits per heavy atom. The Bertz CT molecular complexity index is 817. The number of hydrogen-bond donors (Lipinski definition) is 0. The molecule has 1 saturated heterocycles. The molecule has 1 aliphatic rings. The van der Waals surface area contributed by atoms with Crippen molar-refractivity contribution in [2.75, 3.05) is 6.61 Å². The molecule has 140 valence electrons. The minimum absolute atomic E-state index is 0.0734. The third kappa shape index (κ3) is 4.08. The van der Waals surface area contributed by atoms with Gasteiger partial charge >= 0.3 is 6.09 Å². The molecule has 0 spiro atoms. The minimum Gasteiger partial charge on any atom is -0.447 e. The van der Waals surface area contributed by atoms with E-state index in [9.17, 15) is 14.4 Å². The summed E-state index contributed by atoms with van der Waals surface area (Å²) < 4.78 is 5.07. The lowest BCUT2D eigenvalue weighted by atomic mass is 9.87. The number of rotatable bonds is 6. The number of carbonyl (C=O) groups excluding carboxylic acids is 3. The van der Waals surface area contributed by atoms with Crippen LogP contribution in [0.25, 0.3) is 0 Å². The summed E-state index contributed by atoms with van der Waals surface area (Å²) in [6.45, 7) is 4.08. The Hall–Kier alpha value is -2.95. The third-order valence-corrected chi connectivity index (χ3v) is 4.90. The summed E-state index contributed by atoms with van der Waals surface area (Å²) in [4.78, 5) is 39.3. The van der Waals surface area contributed by atoms with Gasteiger partial charge in [0, 0.05) is 12.0 Å². The molecular formula is C22H23NO4. The normalized spacial score (nSPS) is 17.7. The van der Waals surface area contributed by atoms with Crippen molar-refractivity contribution >= 4 is 17.8 Å². The van der Waals surface area contributed by atoms with Gasteiger partial charge in [0.2, 0.25) is 5.91 Å². The van der Waals surface area contributed by atoms with Crippen LogP contribution >= 0.6 is 0 Å². The first-order chi connectivity index (χ1) is 13.0. The van der Waals surface area contributed by atoms with Gasteiger partial charge in [0.1, 0.15) is 6.61 Å². The molecule has 2 aromatic carbocycles. The van der Waals surface area contributed by atoms with Crippen LogP contribution in [-0.2, 0) is 9.53 Å². The number of ether oxygens (including phenoxy) is 1. The summed E-state index contributed by atoms with van der Waals surface area (Å²) >= 11 is 0. The van der Waals surface area contributed by atoms with Gasteiger partial charge in [-0.2, -0.15) is 0 Å². The fourth-order valence-electron chi connectivity index (χ4n) is 3.34. The topological polar surface area (TPSA) is 63.7 Å². The van der Waals surface area contributed by atoms with Crippen LogP contribution in [0.1, 0.15) is 42.1 Å². The zero-order valence-corrected chi connectivity index (χ0v) is 15.5. The highest BCUT2D eigenvalue weighted by atomic mass is 16.6. The first-order valence-electron chi connectivity index (χ1n) is 9.12. The number of imide groups is 1. The van der Waals surface area contributed by atoms with E-state index in [0.717, 1.165) is 5.56 Å². The lowest BCUT2D eigenvalue weighted by Gasteiger charge is -2.24. The number of amides is 2. The number of carbonyl (C=O) groups is 3. The van der Waals surface area contributed by atoms with E-state index < -0.39 is 12.0 Å². The van der Waals surface area contributed by atoms with Crippen molar-refractivity contribution in [2.45, 2.75) is 32.2 Å². The highest BCUT2D eigenvalue weighted by molar-refractivity contribution is 6.04. The second kappa shape index (κ2) is 8.16. The van der Waals surface area contributed by atoms with Crippen LogP contribution in [0.2, 0.25) is 0 Å². The van der Waals surface area contributed by atoms with E-state index in [1.54, 1.807) is 24.3 Å². The lowest BCUT2D eigenvalue weighted by molar-refractivity contribution is -0.130. The molecule has 0 saturated carbocycles. The molecule has 0 unspecified atom stereocenters. The van der Waals surface area contributed by atoms with Crippen LogP contribution in [0, 0.1) is 5.92 Å². The molecule has 1 aliphatic heterocycles. The molecule has 27 heavy (non-hydrogen) atoms. The van der Waals surface area contributed by atoms with Gasteiger partial charge in [0.15, 0.2) is 5.78 Å². The first-order valence-corrected chi connectivity index (χ1v) is 9.12. The Labute approximate surface area is 158 Å². The minimum atomic E-state index is -0.651. The highest BCUT2D eigenvalue weighted by Crippen LogP contribution is 2.28. The summed E-state index contributed by atoms with van der Waals surface area (Å²) in [5.74, 6) is -1.08. The van der Waals surface area contributed by atoms with Crippen LogP contribution in [0.3, 0.4) is 0 Å². The maximum absolute atomic E-state index is 13.1. The molecule has 0 bridgehead atoms. The second-order valence-electron chi connectivity index (χ2n) is 7.05. The largest absolute Gasteiger partial charge is 0.447 e. The second-order valence-corrected chi connectivity index (χ2v) is 7.05. The Morgan fingerprint density at radius 1 is 1.04 bits per heavy atom. The van der Waals surface area contributed by atoms with E-state index in [0.29, 0.717) is 5.56 Å². The fraction of sp³-hybridized carbons (Fsp3) is 0.318. The van der Waals surface area contributed by atoms with Gasteiger partial charge in [0.25, 0.3) is 0 Å². The van der Waals surface area contributed by atoms with Crippen molar-refractivity contribution in [3.05, 3.63) is 71.8 Å². The predicted molar refractivity (Wildman–Crippen MR) is 101 cm³/mol. The molecule has 0 aromatic heterocycles. The molecule has 2 atom stereocenters. The summed E-state index contributed by atoms with van der Waals surface area (Å²) in [6, 6.07) is 17.8. The van der Waals surface area contributed by atoms with Gasteiger partial charge in [-0.25, -0.2) is 9.69 Å². The van der Waals surface area contributed by atoms with E-state index in [1.807, 2.05) is 50.2 Å². The standard InChI is InChI=1S/C22H23NO4/c1-15(2)19-14-27-22(26)23(19)20(24)13-18(16-9-5-3-6-10-16)21(25)17-11-7-4-8-12-17/h3-12,15,18-19H,13-14H2,1-2H3/t18-,19-/m1/s1. The molecule has 0 N–H and O–H groups in total. The zero-order chi connectivity index (χ0) is 19.4. The van der Waals surface area contributed by atoms with Gasteiger partial charge in [0.05, 0.1) is 12.0 Å². The SMILES string of the molecule is CC(C)[C@H]1COC(=O)N1C(=O)C[C@@H](C(=O)c1ccccc1)c1ccccc1.